The number of aliphatic hydroxyl groups is 1. The molecule has 34 heavy (non-hydrogen) atoms. The molecule has 10 nitrogen and oxygen atoms in total. The second kappa shape index (κ2) is 10.7. The minimum absolute atomic E-state index is 0. The van der Waals surface area contributed by atoms with Gasteiger partial charge in [-0.3, -0.25) is 9.59 Å². The number of hydrogen-bond acceptors (Lipinski definition) is 6. The summed E-state index contributed by atoms with van der Waals surface area (Å²) in [6.45, 7) is 5.35. The number of rotatable bonds is 10. The van der Waals surface area contributed by atoms with Gasteiger partial charge >= 0.3 is 5.97 Å². The summed E-state index contributed by atoms with van der Waals surface area (Å²) in [7, 11) is 0. The normalized spacial score (nSPS) is 29.0. The summed E-state index contributed by atoms with van der Waals surface area (Å²) >= 11 is 1.57. The van der Waals surface area contributed by atoms with Crippen LogP contribution in [-0.2, 0) is 27.5 Å². The van der Waals surface area contributed by atoms with Crippen LogP contribution in [0.25, 0.3) is 0 Å². The number of nitrogens with one attached hydrogen (secondary N) is 1. The molecule has 5 N–H and O–H groups in total. The molecule has 12 heteroatoms. The first-order chi connectivity index (χ1) is 15.7. The Morgan fingerprint density at radius 1 is 1.41 bits per heavy atom. The van der Waals surface area contributed by atoms with Gasteiger partial charge in [0.2, 0.25) is 12.2 Å². The van der Waals surface area contributed by atoms with E-state index < -0.39 is 18.0 Å². The number of aliphatic hydroxyl groups excluding tert-OH is 1. The largest absolute Gasteiger partial charge is 1.00 e. The van der Waals surface area contributed by atoms with Crippen LogP contribution in [0, 0.1) is 11.8 Å². The highest BCUT2D eigenvalue weighted by molar-refractivity contribution is 8.03. The average Bonchev–Trinajstić information content (AvgIpc) is 3.41. The van der Waals surface area contributed by atoms with Crippen LogP contribution in [-0.4, -0.2) is 67.4 Å². The molecule has 6 atom stereocenters. The van der Waals surface area contributed by atoms with Crippen molar-refractivity contribution in [2.75, 3.05) is 6.54 Å². The zero-order valence-corrected chi connectivity index (χ0v) is 20.8. The number of carboxylic acid groups (broad SMARTS) is 1. The van der Waals surface area contributed by atoms with Crippen LogP contribution in [0.5, 0.6) is 0 Å². The van der Waals surface area contributed by atoms with Gasteiger partial charge in [-0.25, -0.2) is 13.9 Å². The number of nitrogens with zero attached hydrogens (tertiary/aromatic N) is 3. The number of nitrogens with two attached hydrogens (primary N) is 1. The maximum Gasteiger partial charge on any atom is 0.353 e. The van der Waals surface area contributed by atoms with Gasteiger partial charge in [-0.2, -0.15) is 0 Å². The Labute approximate surface area is 209 Å². The Bertz CT molecular complexity index is 983. The molecule has 0 bridgehead atoms. The van der Waals surface area contributed by atoms with Crippen molar-refractivity contribution in [3.8, 4) is 0 Å². The first-order valence-electron chi connectivity index (χ1n) is 11.4. The van der Waals surface area contributed by atoms with E-state index in [1.807, 2.05) is 30.2 Å². The maximum absolute atomic E-state index is 12.5. The monoisotopic (exact) mass is 513 g/mol. The molecule has 0 spiro atoms. The molecule has 4 heterocycles. The summed E-state index contributed by atoms with van der Waals surface area (Å²) in [5.41, 5.74) is 5.32. The topological polar surface area (TPSA) is 142 Å². The maximum atomic E-state index is 12.5. The first-order valence-corrected chi connectivity index (χ1v) is 12.3. The number of β-lactam (4-membered cyclic amide) rings is 1. The minimum Gasteiger partial charge on any atom is -1.00 e. The van der Waals surface area contributed by atoms with Crippen LogP contribution in [0.2, 0.25) is 0 Å². The SMILES string of the molecule is C[C@@H](O)[C@H]1C(=O)N2C(C(=O)O)=C(S[C@@H]3CN[C@H](CCCn4cc[n+](CC(N)=O)c4)C3)[C@H](C)[C@H]12.[Cl-]. The van der Waals surface area contributed by atoms with Crippen molar-refractivity contribution in [3.63, 3.8) is 0 Å². The Kier molecular flexibility index (Phi) is 8.33. The van der Waals surface area contributed by atoms with Crippen LogP contribution in [0.3, 0.4) is 0 Å². The summed E-state index contributed by atoms with van der Waals surface area (Å²) in [5.74, 6) is -2.37. The van der Waals surface area contributed by atoms with E-state index >= 15 is 0 Å². The van der Waals surface area contributed by atoms with Crippen molar-refractivity contribution >= 4 is 29.5 Å². The lowest BCUT2D eigenvalue weighted by atomic mass is 9.79. The van der Waals surface area contributed by atoms with Crippen molar-refractivity contribution in [1.29, 1.82) is 0 Å². The van der Waals surface area contributed by atoms with E-state index in [1.165, 1.54) is 4.90 Å². The molecule has 1 aromatic rings. The van der Waals surface area contributed by atoms with Gasteiger partial charge in [-0.1, -0.05) is 6.92 Å². The molecule has 0 aliphatic carbocycles. The Morgan fingerprint density at radius 3 is 2.79 bits per heavy atom. The van der Waals surface area contributed by atoms with Gasteiger partial charge in [0.15, 0.2) is 6.54 Å². The molecule has 2 fully saturated rings. The van der Waals surface area contributed by atoms with Gasteiger partial charge in [0.25, 0.3) is 5.91 Å². The van der Waals surface area contributed by atoms with Crippen LogP contribution in [0.1, 0.15) is 33.1 Å². The molecular formula is C22H32ClN5O5S. The summed E-state index contributed by atoms with van der Waals surface area (Å²) in [5, 5.41) is 23.6. The number of thioether (sulfide) groups is 1. The van der Waals surface area contributed by atoms with Crippen LogP contribution < -0.4 is 28.0 Å². The molecule has 3 aliphatic rings. The highest BCUT2D eigenvalue weighted by Gasteiger charge is 2.60. The molecule has 188 valence electrons. The highest BCUT2D eigenvalue weighted by atomic mass is 35.5. The number of imidazole rings is 1. The van der Waals surface area contributed by atoms with Gasteiger partial charge in [0, 0.05) is 28.7 Å². The van der Waals surface area contributed by atoms with Crippen LogP contribution >= 0.6 is 11.8 Å². The Hall–Kier alpha value is -2.08. The smallest absolute Gasteiger partial charge is 0.353 e. The van der Waals surface area contributed by atoms with E-state index in [9.17, 15) is 24.6 Å². The molecule has 0 unspecified atom stereocenters. The van der Waals surface area contributed by atoms with Gasteiger partial charge in [0.05, 0.1) is 24.6 Å². The zero-order valence-electron chi connectivity index (χ0n) is 19.3. The lowest BCUT2D eigenvalue weighted by molar-refractivity contribution is -0.683. The van der Waals surface area contributed by atoms with Crippen LogP contribution in [0.15, 0.2) is 29.3 Å². The summed E-state index contributed by atoms with van der Waals surface area (Å²) < 4.78 is 3.80. The molecule has 0 aromatic carbocycles. The van der Waals surface area contributed by atoms with Gasteiger partial charge < -0.3 is 38.6 Å². The molecule has 2 saturated heterocycles. The fraction of sp³-hybridized carbons (Fsp3) is 0.636. The highest BCUT2D eigenvalue weighted by Crippen LogP contribution is 2.51. The van der Waals surface area contributed by atoms with E-state index in [1.54, 1.807) is 23.3 Å². The Balaban J connectivity index is 0.00000324. The molecular weight excluding hydrogens is 482 g/mol. The number of aromatic nitrogens is 2. The molecule has 1 aromatic heterocycles. The molecule has 3 aliphatic heterocycles. The predicted octanol–water partition coefficient (Wildman–Crippen LogP) is -3.34. The zero-order chi connectivity index (χ0) is 23.9. The lowest BCUT2D eigenvalue weighted by Crippen LogP contribution is -3.00. The van der Waals surface area contributed by atoms with E-state index in [4.69, 9.17) is 5.73 Å². The summed E-state index contributed by atoms with van der Waals surface area (Å²) in [6.07, 6.45) is 7.73. The number of amides is 2. The van der Waals surface area contributed by atoms with Crippen molar-refractivity contribution < 1.29 is 41.6 Å². The van der Waals surface area contributed by atoms with Gasteiger partial charge in [-0.15, -0.1) is 11.8 Å². The van der Waals surface area contributed by atoms with Crippen LogP contribution in [0.4, 0.5) is 0 Å². The van der Waals surface area contributed by atoms with Gasteiger partial charge in [0.1, 0.15) is 18.1 Å². The minimum atomic E-state index is -1.08. The lowest BCUT2D eigenvalue weighted by Gasteiger charge is -2.46. The first kappa shape index (κ1) is 26.5. The molecule has 2 amide bonds. The number of carbonyl (C=O) groups is 3. The fourth-order valence-electron chi connectivity index (χ4n) is 5.31. The van der Waals surface area contributed by atoms with E-state index in [2.05, 4.69) is 5.32 Å². The van der Waals surface area contributed by atoms with Crippen molar-refractivity contribution in [2.45, 2.75) is 69.6 Å². The van der Waals surface area contributed by atoms with Gasteiger partial charge in [-0.05, 0) is 26.2 Å². The third-order valence-corrected chi connectivity index (χ3v) is 8.35. The summed E-state index contributed by atoms with van der Waals surface area (Å²) in [6, 6.07) is 0.0837. The predicted molar refractivity (Wildman–Crippen MR) is 120 cm³/mol. The van der Waals surface area contributed by atoms with E-state index in [0.29, 0.717) is 6.04 Å². The average molecular weight is 514 g/mol. The van der Waals surface area contributed by atoms with E-state index in [0.717, 1.165) is 37.3 Å². The van der Waals surface area contributed by atoms with Crippen molar-refractivity contribution in [2.24, 2.45) is 17.6 Å². The summed E-state index contributed by atoms with van der Waals surface area (Å²) in [4.78, 5) is 37.6. The second-order valence-electron chi connectivity index (χ2n) is 9.28. The number of primary amides is 1. The Morgan fingerprint density at radius 2 is 2.15 bits per heavy atom. The second-order valence-corrected chi connectivity index (χ2v) is 10.6. The number of aliphatic carboxylic acids is 1. The number of aryl methyl sites for hydroxylation is 1. The molecule has 0 radical (unpaired) electrons. The number of carbonyl (C=O) groups excluding carboxylic acids is 2. The molecule has 4 rings (SSSR count). The number of halogens is 1. The van der Waals surface area contributed by atoms with Crippen molar-refractivity contribution in [3.05, 3.63) is 29.3 Å². The standard InChI is InChI=1S/C22H31N5O5S.ClH/c1-12-18-17(13(2)28)21(30)27(18)19(22(31)32)20(12)33-15-8-14(24-9-15)4-3-5-25-6-7-26(11-25)10-16(23)29;/h6-7,11-15,17-18,24,28H,3-5,8-10H2,1-2H3,(H2-,23,29,31,32);1H/t12-,13-,14-,15+,17-,18-;/m1./s1. The number of fused-ring (bicyclic) bond motifs is 1. The fourth-order valence-corrected chi connectivity index (χ4v) is 6.83. The quantitative estimate of drug-likeness (QED) is 0.189. The van der Waals surface area contributed by atoms with E-state index in [-0.39, 0.29) is 53.7 Å². The third-order valence-electron chi connectivity index (χ3n) is 6.84. The number of carboxylic acids is 1. The molecule has 0 saturated carbocycles. The third kappa shape index (κ3) is 5.12. The van der Waals surface area contributed by atoms with Crippen molar-refractivity contribution in [1.82, 2.24) is 14.8 Å². The number of hydrogen-bond donors (Lipinski definition) is 4.